The highest BCUT2D eigenvalue weighted by molar-refractivity contribution is 7.80. The van der Waals surface area contributed by atoms with E-state index in [1.807, 2.05) is 5.01 Å². The highest BCUT2D eigenvalue weighted by atomic mass is 32.1. The van der Waals surface area contributed by atoms with Crippen molar-refractivity contribution in [3.63, 3.8) is 0 Å². The van der Waals surface area contributed by atoms with Crippen molar-refractivity contribution in [2.75, 3.05) is 18.8 Å². The monoisotopic (exact) mass is 258 g/mol. The van der Waals surface area contributed by atoms with Gasteiger partial charge in [0.05, 0.1) is 0 Å². The molecule has 0 aromatic rings. The van der Waals surface area contributed by atoms with Crippen molar-refractivity contribution >= 4 is 24.5 Å². The van der Waals surface area contributed by atoms with Crippen LogP contribution in [0.5, 0.6) is 0 Å². The van der Waals surface area contributed by atoms with Gasteiger partial charge in [0.1, 0.15) is 6.04 Å². The maximum Gasteiger partial charge on any atom is 0.328 e. The summed E-state index contributed by atoms with van der Waals surface area (Å²) in [6.07, 6.45) is 3.13. The number of aliphatic carboxylic acids is 1. The number of rotatable bonds is 2. The molecule has 0 aromatic heterocycles. The molecule has 2 rings (SSSR count). The molecule has 2 fully saturated rings. The molecule has 6 heteroatoms. The van der Waals surface area contributed by atoms with Crippen LogP contribution in [0.15, 0.2) is 0 Å². The highest BCUT2D eigenvalue weighted by Crippen LogP contribution is 2.26. The summed E-state index contributed by atoms with van der Waals surface area (Å²) >= 11 is 4.19. The van der Waals surface area contributed by atoms with E-state index in [0.29, 0.717) is 12.2 Å². The minimum Gasteiger partial charge on any atom is -0.480 e. The lowest BCUT2D eigenvalue weighted by molar-refractivity contribution is -0.175. The van der Waals surface area contributed by atoms with Crippen LogP contribution in [-0.4, -0.2) is 51.9 Å². The number of thiol groups is 1. The second-order valence-corrected chi connectivity index (χ2v) is 5.02. The first-order valence-corrected chi connectivity index (χ1v) is 6.70. The first-order valence-electron chi connectivity index (χ1n) is 6.06. The molecule has 96 valence electrons. The molecule has 0 aromatic carbocycles. The average Bonchev–Trinajstić information content (AvgIpc) is 2.48. The van der Waals surface area contributed by atoms with Crippen LogP contribution >= 0.6 is 12.6 Å². The van der Waals surface area contributed by atoms with E-state index < -0.39 is 12.0 Å². The fourth-order valence-electron chi connectivity index (χ4n) is 2.64. The number of nitrogens with zero attached hydrogens (tertiary/aromatic N) is 2. The molecular formula is C11H18N2O3S. The third kappa shape index (κ3) is 2.42. The summed E-state index contributed by atoms with van der Waals surface area (Å²) in [4.78, 5) is 23.5. The standard InChI is InChI=1S/C11H18N2O3S/c14-10-8(7-17)3-1-5-12-6-2-4-9(11(15)16)13(10)12/h8-9,17H,1-7H2,(H,15,16)/t8-,9-/m0/s1. The highest BCUT2D eigenvalue weighted by Gasteiger charge is 2.40. The Kier molecular flexibility index (Phi) is 3.93. The summed E-state index contributed by atoms with van der Waals surface area (Å²) in [6.45, 7) is 1.56. The van der Waals surface area contributed by atoms with Crippen molar-refractivity contribution in [3.8, 4) is 0 Å². The molecule has 5 nitrogen and oxygen atoms in total. The molecule has 2 aliphatic heterocycles. The number of hydrogen-bond donors (Lipinski definition) is 2. The fraction of sp³-hybridized carbons (Fsp3) is 0.818. The molecule has 2 saturated heterocycles. The van der Waals surface area contributed by atoms with Gasteiger partial charge in [0, 0.05) is 24.8 Å². The van der Waals surface area contributed by atoms with E-state index in [4.69, 9.17) is 0 Å². The maximum absolute atomic E-state index is 12.3. The molecule has 2 heterocycles. The molecule has 0 saturated carbocycles. The zero-order valence-corrected chi connectivity index (χ0v) is 10.6. The molecule has 0 aliphatic carbocycles. The van der Waals surface area contributed by atoms with Crippen molar-refractivity contribution in [1.82, 2.24) is 10.0 Å². The van der Waals surface area contributed by atoms with Crippen molar-refractivity contribution in [1.29, 1.82) is 0 Å². The molecule has 17 heavy (non-hydrogen) atoms. The Hall–Kier alpha value is -0.750. The van der Waals surface area contributed by atoms with E-state index in [0.717, 1.165) is 32.4 Å². The Morgan fingerprint density at radius 1 is 1.35 bits per heavy atom. The average molecular weight is 258 g/mol. The third-order valence-electron chi connectivity index (χ3n) is 3.54. The Morgan fingerprint density at radius 2 is 2.00 bits per heavy atom. The lowest BCUT2D eigenvalue weighted by Gasteiger charge is -2.42. The van der Waals surface area contributed by atoms with E-state index in [1.54, 1.807) is 0 Å². The molecule has 2 atom stereocenters. The van der Waals surface area contributed by atoms with E-state index in [2.05, 4.69) is 12.6 Å². The van der Waals surface area contributed by atoms with Crippen LogP contribution in [-0.2, 0) is 9.59 Å². The number of fused-ring (bicyclic) bond motifs is 1. The van der Waals surface area contributed by atoms with Gasteiger partial charge in [0.25, 0.3) is 0 Å². The number of carboxylic acid groups (broad SMARTS) is 1. The molecule has 0 spiro atoms. The van der Waals surface area contributed by atoms with E-state index in [1.165, 1.54) is 5.01 Å². The van der Waals surface area contributed by atoms with Crippen LogP contribution in [0.4, 0.5) is 0 Å². The summed E-state index contributed by atoms with van der Waals surface area (Å²) < 4.78 is 0. The van der Waals surface area contributed by atoms with Gasteiger partial charge in [-0.25, -0.2) is 9.80 Å². The van der Waals surface area contributed by atoms with E-state index >= 15 is 0 Å². The topological polar surface area (TPSA) is 60.9 Å². The SMILES string of the molecule is O=C(O)[C@@H]1CCCN2CCC[C@@H](CS)C(=O)N12. The normalized spacial score (nSPS) is 30.9. The number of amides is 1. The smallest absolute Gasteiger partial charge is 0.328 e. The van der Waals surface area contributed by atoms with Crippen molar-refractivity contribution < 1.29 is 14.7 Å². The third-order valence-corrected chi connectivity index (χ3v) is 3.98. The van der Waals surface area contributed by atoms with Gasteiger partial charge in [0.2, 0.25) is 5.91 Å². The predicted molar refractivity (Wildman–Crippen MR) is 65.7 cm³/mol. The van der Waals surface area contributed by atoms with E-state index in [-0.39, 0.29) is 11.8 Å². The van der Waals surface area contributed by atoms with Crippen LogP contribution in [0.2, 0.25) is 0 Å². The van der Waals surface area contributed by atoms with Crippen LogP contribution in [0.1, 0.15) is 25.7 Å². The van der Waals surface area contributed by atoms with Crippen LogP contribution in [0, 0.1) is 5.92 Å². The fourth-order valence-corrected chi connectivity index (χ4v) is 2.97. The summed E-state index contributed by atoms with van der Waals surface area (Å²) in [7, 11) is 0. The number of hydrogen-bond acceptors (Lipinski definition) is 4. The van der Waals surface area contributed by atoms with Crippen LogP contribution in [0.3, 0.4) is 0 Å². The maximum atomic E-state index is 12.3. The Balaban J connectivity index is 2.24. The molecule has 2 aliphatic rings. The molecule has 0 radical (unpaired) electrons. The van der Waals surface area contributed by atoms with Gasteiger partial charge in [-0.15, -0.1) is 0 Å². The van der Waals surface area contributed by atoms with E-state index in [9.17, 15) is 14.7 Å². The molecule has 0 unspecified atom stereocenters. The lowest BCUT2D eigenvalue weighted by atomic mass is 10.0. The predicted octanol–water partition coefficient (Wildman–Crippen LogP) is 0.619. The van der Waals surface area contributed by atoms with Crippen molar-refractivity contribution in [2.24, 2.45) is 5.92 Å². The van der Waals surface area contributed by atoms with Crippen molar-refractivity contribution in [3.05, 3.63) is 0 Å². The molecular weight excluding hydrogens is 240 g/mol. The lowest BCUT2D eigenvalue weighted by Crippen LogP contribution is -2.58. The van der Waals surface area contributed by atoms with Crippen LogP contribution in [0.25, 0.3) is 0 Å². The van der Waals surface area contributed by atoms with Gasteiger partial charge in [0.15, 0.2) is 0 Å². The Labute approximate surface area is 106 Å². The first kappa shape index (κ1) is 12.7. The molecule has 1 N–H and O–H groups in total. The zero-order chi connectivity index (χ0) is 12.4. The quantitative estimate of drug-likeness (QED) is 0.713. The second kappa shape index (κ2) is 5.27. The Morgan fingerprint density at radius 3 is 2.59 bits per heavy atom. The molecule has 0 bridgehead atoms. The van der Waals surface area contributed by atoms with Gasteiger partial charge in [-0.3, -0.25) is 9.80 Å². The van der Waals surface area contributed by atoms with Gasteiger partial charge < -0.3 is 5.11 Å². The van der Waals surface area contributed by atoms with Gasteiger partial charge >= 0.3 is 5.97 Å². The Bertz CT molecular complexity index is 324. The van der Waals surface area contributed by atoms with Gasteiger partial charge in [-0.1, -0.05) is 0 Å². The minimum atomic E-state index is -0.900. The number of hydrazine groups is 1. The zero-order valence-electron chi connectivity index (χ0n) is 9.71. The molecule has 1 amide bonds. The van der Waals surface area contributed by atoms with Gasteiger partial charge in [-0.2, -0.15) is 12.6 Å². The van der Waals surface area contributed by atoms with Crippen LogP contribution < -0.4 is 0 Å². The summed E-state index contributed by atoms with van der Waals surface area (Å²) in [5, 5.41) is 12.6. The number of carbonyl (C=O) groups is 2. The first-order chi connectivity index (χ1) is 8.15. The second-order valence-electron chi connectivity index (χ2n) is 4.65. The van der Waals surface area contributed by atoms with Crippen molar-refractivity contribution in [2.45, 2.75) is 31.7 Å². The summed E-state index contributed by atoms with van der Waals surface area (Å²) in [6, 6.07) is -0.684. The largest absolute Gasteiger partial charge is 0.480 e. The number of carbonyl (C=O) groups excluding carboxylic acids is 1. The van der Waals surface area contributed by atoms with Gasteiger partial charge in [-0.05, 0) is 25.7 Å². The summed E-state index contributed by atoms with van der Waals surface area (Å²) in [5.74, 6) is -0.606. The minimum absolute atomic E-state index is 0.0652. The number of carboxylic acids is 1. The summed E-state index contributed by atoms with van der Waals surface area (Å²) in [5.41, 5.74) is 0.